The number of para-hydroxylation sites is 1. The fraction of sp³-hybridized carbons (Fsp3) is 0.524. The van der Waals surface area contributed by atoms with Crippen LogP contribution in [0.3, 0.4) is 0 Å². The van der Waals surface area contributed by atoms with Crippen molar-refractivity contribution in [2.75, 3.05) is 39.2 Å². The van der Waals surface area contributed by atoms with E-state index in [2.05, 4.69) is 70.6 Å². The maximum atomic E-state index is 5.36. The molecule has 0 spiro atoms. The first kappa shape index (κ1) is 22.2. The Balaban J connectivity index is 2.01. The van der Waals surface area contributed by atoms with Gasteiger partial charge in [0.1, 0.15) is 11.1 Å². The molecule has 6 nitrogen and oxygen atoms in total. The second kappa shape index (κ2) is 11.0. The smallest absolute Gasteiger partial charge is 0.194 e. The normalized spacial score (nSPS) is 13.9. The minimum Gasteiger partial charge on any atom is -0.375 e. The molecule has 0 aliphatic carbocycles. The van der Waals surface area contributed by atoms with Crippen LogP contribution in [0.2, 0.25) is 0 Å². The van der Waals surface area contributed by atoms with Gasteiger partial charge in [-0.15, -0.1) is 11.3 Å². The molecule has 0 bridgehead atoms. The molecule has 0 fully saturated rings. The number of anilines is 1. The standard InChI is InChI=1S/C21H33N5OS/c1-7-22-21(23-13-16(2)26(5)19-11-9-8-10-12-19)25(4)14-18-15-28-20(24-18)17(3)27-6/h8-12,15-17H,7,13-14H2,1-6H3,(H,22,23). The molecule has 0 aliphatic rings. The summed E-state index contributed by atoms with van der Waals surface area (Å²) >= 11 is 1.64. The molecule has 2 rings (SSSR count). The number of rotatable bonds is 9. The second-order valence-corrected chi connectivity index (χ2v) is 7.79. The lowest BCUT2D eigenvalue weighted by Gasteiger charge is -2.27. The number of aromatic nitrogens is 1. The van der Waals surface area contributed by atoms with Crippen LogP contribution in [0.15, 0.2) is 40.7 Å². The van der Waals surface area contributed by atoms with Crippen molar-refractivity contribution in [1.82, 2.24) is 15.2 Å². The Kier molecular flexibility index (Phi) is 8.73. The molecule has 2 atom stereocenters. The van der Waals surface area contributed by atoms with Gasteiger partial charge < -0.3 is 19.9 Å². The highest BCUT2D eigenvalue weighted by atomic mass is 32.1. The lowest BCUT2D eigenvalue weighted by atomic mass is 10.2. The SMILES string of the molecule is CCNC(=NCC(C)N(C)c1ccccc1)N(C)Cc1csc(C(C)OC)n1. The molecule has 1 aromatic carbocycles. The van der Waals surface area contributed by atoms with Crippen LogP contribution >= 0.6 is 11.3 Å². The molecule has 1 N–H and O–H groups in total. The minimum absolute atomic E-state index is 0.0281. The fourth-order valence-corrected chi connectivity index (χ4v) is 3.57. The van der Waals surface area contributed by atoms with Gasteiger partial charge in [-0.1, -0.05) is 18.2 Å². The summed E-state index contributed by atoms with van der Waals surface area (Å²) in [5.41, 5.74) is 2.23. The maximum absolute atomic E-state index is 5.36. The molecule has 1 heterocycles. The summed E-state index contributed by atoms with van der Waals surface area (Å²) < 4.78 is 5.36. The van der Waals surface area contributed by atoms with Crippen LogP contribution in [0, 0.1) is 0 Å². The molecule has 2 unspecified atom stereocenters. The molecule has 0 saturated carbocycles. The number of aliphatic imine (C=N–C) groups is 1. The van der Waals surface area contributed by atoms with Crippen molar-refractivity contribution in [3.8, 4) is 0 Å². The Morgan fingerprint density at radius 1 is 1.25 bits per heavy atom. The van der Waals surface area contributed by atoms with E-state index >= 15 is 0 Å². The lowest BCUT2D eigenvalue weighted by molar-refractivity contribution is 0.119. The summed E-state index contributed by atoms with van der Waals surface area (Å²) in [6.07, 6.45) is 0.0281. The van der Waals surface area contributed by atoms with Gasteiger partial charge in [-0.25, -0.2) is 4.98 Å². The van der Waals surface area contributed by atoms with Gasteiger partial charge in [0.2, 0.25) is 0 Å². The highest BCUT2D eigenvalue weighted by Gasteiger charge is 2.14. The molecule has 1 aromatic heterocycles. The second-order valence-electron chi connectivity index (χ2n) is 6.90. The van der Waals surface area contributed by atoms with Gasteiger partial charge in [-0.05, 0) is 32.9 Å². The topological polar surface area (TPSA) is 53.0 Å². The van der Waals surface area contributed by atoms with E-state index in [1.807, 2.05) is 20.0 Å². The predicted molar refractivity (Wildman–Crippen MR) is 119 cm³/mol. The molecule has 154 valence electrons. The Bertz CT molecular complexity index is 733. The summed E-state index contributed by atoms with van der Waals surface area (Å²) in [5.74, 6) is 0.894. The third kappa shape index (κ3) is 6.21. The number of benzene rings is 1. The van der Waals surface area contributed by atoms with Crippen LogP contribution < -0.4 is 10.2 Å². The van der Waals surface area contributed by atoms with Gasteiger partial charge in [0.15, 0.2) is 5.96 Å². The van der Waals surface area contributed by atoms with Crippen LogP contribution in [0.25, 0.3) is 0 Å². The summed E-state index contributed by atoms with van der Waals surface area (Å²) in [6.45, 7) is 8.54. The Morgan fingerprint density at radius 2 is 1.96 bits per heavy atom. The average Bonchev–Trinajstić information content (AvgIpc) is 3.18. The number of guanidine groups is 1. The highest BCUT2D eigenvalue weighted by molar-refractivity contribution is 7.09. The Hall–Kier alpha value is -2.12. The van der Waals surface area contributed by atoms with Crippen LogP contribution in [0.4, 0.5) is 5.69 Å². The summed E-state index contributed by atoms with van der Waals surface area (Å²) in [4.78, 5) is 13.9. The number of nitrogens with zero attached hydrogens (tertiary/aromatic N) is 4. The number of ether oxygens (including phenoxy) is 1. The van der Waals surface area contributed by atoms with E-state index in [0.717, 1.165) is 23.2 Å². The van der Waals surface area contributed by atoms with Crippen LogP contribution in [-0.2, 0) is 11.3 Å². The first-order valence-electron chi connectivity index (χ1n) is 9.70. The van der Waals surface area contributed by atoms with E-state index in [0.29, 0.717) is 13.1 Å². The number of hydrogen-bond acceptors (Lipinski definition) is 5. The van der Waals surface area contributed by atoms with Gasteiger partial charge in [-0.3, -0.25) is 4.99 Å². The van der Waals surface area contributed by atoms with E-state index in [1.54, 1.807) is 18.4 Å². The predicted octanol–water partition coefficient (Wildman–Crippen LogP) is 3.77. The van der Waals surface area contributed by atoms with E-state index in [4.69, 9.17) is 9.73 Å². The molecular weight excluding hydrogens is 370 g/mol. The number of methoxy groups -OCH3 is 1. The van der Waals surface area contributed by atoms with Crippen molar-refractivity contribution in [2.24, 2.45) is 4.99 Å². The first-order chi connectivity index (χ1) is 13.5. The van der Waals surface area contributed by atoms with E-state index < -0.39 is 0 Å². The molecule has 0 aliphatic heterocycles. The summed E-state index contributed by atoms with van der Waals surface area (Å²) in [5, 5.41) is 6.49. The summed E-state index contributed by atoms with van der Waals surface area (Å²) in [6, 6.07) is 10.7. The van der Waals surface area contributed by atoms with E-state index in [-0.39, 0.29) is 12.1 Å². The number of nitrogens with one attached hydrogen (secondary N) is 1. The number of thiazole rings is 1. The molecule has 0 radical (unpaired) electrons. The van der Waals surface area contributed by atoms with Crippen molar-refractivity contribution in [2.45, 2.75) is 39.5 Å². The fourth-order valence-electron chi connectivity index (χ4n) is 2.73. The lowest BCUT2D eigenvalue weighted by Crippen LogP contribution is -2.40. The van der Waals surface area contributed by atoms with Crippen molar-refractivity contribution in [3.05, 3.63) is 46.4 Å². The van der Waals surface area contributed by atoms with Gasteiger partial charge in [-0.2, -0.15) is 0 Å². The Labute approximate surface area is 173 Å². The van der Waals surface area contributed by atoms with Crippen molar-refractivity contribution >= 4 is 23.0 Å². The molecule has 0 saturated heterocycles. The average molecular weight is 404 g/mol. The zero-order valence-electron chi connectivity index (χ0n) is 17.8. The van der Waals surface area contributed by atoms with Crippen LogP contribution in [0.5, 0.6) is 0 Å². The van der Waals surface area contributed by atoms with Crippen molar-refractivity contribution < 1.29 is 4.74 Å². The quantitative estimate of drug-likeness (QED) is 0.510. The maximum Gasteiger partial charge on any atom is 0.194 e. The van der Waals surface area contributed by atoms with Gasteiger partial charge in [0.25, 0.3) is 0 Å². The monoisotopic (exact) mass is 403 g/mol. The zero-order chi connectivity index (χ0) is 20.5. The van der Waals surface area contributed by atoms with E-state index in [1.165, 1.54) is 5.69 Å². The van der Waals surface area contributed by atoms with Crippen LogP contribution in [0.1, 0.15) is 37.6 Å². The molecule has 2 aromatic rings. The van der Waals surface area contributed by atoms with Crippen LogP contribution in [-0.4, -0.2) is 56.2 Å². The molecule has 0 amide bonds. The van der Waals surface area contributed by atoms with Crippen molar-refractivity contribution in [3.63, 3.8) is 0 Å². The minimum atomic E-state index is 0.0281. The van der Waals surface area contributed by atoms with Gasteiger partial charge in [0.05, 0.1) is 18.8 Å². The molecule has 28 heavy (non-hydrogen) atoms. The number of likely N-dealkylation sites (N-methyl/N-ethyl adjacent to an activating group) is 1. The van der Waals surface area contributed by atoms with E-state index in [9.17, 15) is 0 Å². The molecule has 7 heteroatoms. The molecular formula is C21H33N5OS. The zero-order valence-corrected chi connectivity index (χ0v) is 18.7. The third-order valence-electron chi connectivity index (χ3n) is 4.70. The Morgan fingerprint density at radius 3 is 2.61 bits per heavy atom. The number of hydrogen-bond donors (Lipinski definition) is 1. The first-order valence-corrected chi connectivity index (χ1v) is 10.6. The third-order valence-corrected chi connectivity index (χ3v) is 5.75. The van der Waals surface area contributed by atoms with Gasteiger partial charge in [0, 0.05) is 44.9 Å². The van der Waals surface area contributed by atoms with Gasteiger partial charge >= 0.3 is 0 Å². The van der Waals surface area contributed by atoms with Crippen molar-refractivity contribution in [1.29, 1.82) is 0 Å². The largest absolute Gasteiger partial charge is 0.375 e. The summed E-state index contributed by atoms with van der Waals surface area (Å²) in [7, 11) is 5.87. The highest BCUT2D eigenvalue weighted by Crippen LogP contribution is 2.21.